The molecule has 0 aromatic heterocycles. The number of nitrogens with zero attached hydrogens (tertiary/aromatic N) is 1. The molecule has 0 unspecified atom stereocenters. The normalized spacial score (nSPS) is 13.0. The third-order valence-corrected chi connectivity index (χ3v) is 5.98. The van der Waals surface area contributed by atoms with Gasteiger partial charge in [-0.1, -0.05) is 63.2 Å². The van der Waals surface area contributed by atoms with Crippen LogP contribution in [0.15, 0.2) is 66.7 Å². The molecular weight excluding hydrogens is 415 g/mol. The van der Waals surface area contributed by atoms with Gasteiger partial charge in [0.1, 0.15) is 18.2 Å². The number of nitrogens with one attached hydrogen (secondary N) is 1. The van der Waals surface area contributed by atoms with Gasteiger partial charge in [-0.25, -0.2) is 4.39 Å². The fraction of sp³-hybridized carbons (Fsp3) is 0.321. The van der Waals surface area contributed by atoms with Crippen LogP contribution in [0, 0.1) is 5.82 Å². The van der Waals surface area contributed by atoms with Crippen molar-refractivity contribution in [3.05, 3.63) is 94.8 Å². The van der Waals surface area contributed by atoms with E-state index >= 15 is 0 Å². The van der Waals surface area contributed by atoms with Crippen molar-refractivity contribution in [2.75, 3.05) is 25.0 Å². The summed E-state index contributed by atoms with van der Waals surface area (Å²) >= 11 is 0. The second-order valence-electron chi connectivity index (χ2n) is 9.50. The maximum atomic E-state index is 13.7. The van der Waals surface area contributed by atoms with Gasteiger partial charge in [-0.3, -0.25) is 4.79 Å². The van der Waals surface area contributed by atoms with Crippen molar-refractivity contribution in [2.45, 2.75) is 39.2 Å². The minimum absolute atomic E-state index is 0.0492. The highest BCUT2D eigenvalue weighted by molar-refractivity contribution is 6.01. The molecule has 4 nitrogen and oxygen atoms in total. The molecule has 3 aromatic rings. The lowest BCUT2D eigenvalue weighted by Crippen LogP contribution is -2.33. The quantitative estimate of drug-likeness (QED) is 0.519. The van der Waals surface area contributed by atoms with E-state index in [2.05, 4.69) is 50.4 Å². The van der Waals surface area contributed by atoms with Gasteiger partial charge in [0.05, 0.1) is 11.3 Å². The largest absolute Gasteiger partial charge is 0.490 e. The van der Waals surface area contributed by atoms with Crippen molar-refractivity contribution < 1.29 is 13.9 Å². The maximum absolute atomic E-state index is 13.7. The topological polar surface area (TPSA) is 41.6 Å². The number of ether oxygens (including phenoxy) is 1. The van der Waals surface area contributed by atoms with Gasteiger partial charge >= 0.3 is 0 Å². The standard InChI is InChI=1S/C28H31FN2O2/c1-28(2,3)22-11-7-21(8-12-22)19-31(17-15-20-9-13-23(29)14-10-20)27(32)24-5-4-6-25-26(24)30-16-18-33-25/h4-14,30H,15-19H2,1-3H3. The van der Waals surface area contributed by atoms with Crippen LogP contribution in [-0.2, 0) is 18.4 Å². The third-order valence-electron chi connectivity index (χ3n) is 5.98. The van der Waals surface area contributed by atoms with Gasteiger partial charge in [0.25, 0.3) is 5.91 Å². The van der Waals surface area contributed by atoms with E-state index in [1.165, 1.54) is 17.7 Å². The minimum atomic E-state index is -0.257. The van der Waals surface area contributed by atoms with Crippen LogP contribution in [0.25, 0.3) is 0 Å². The summed E-state index contributed by atoms with van der Waals surface area (Å²) in [5.41, 5.74) is 4.76. The molecule has 1 aliphatic heterocycles. The fourth-order valence-electron chi connectivity index (χ4n) is 4.02. The van der Waals surface area contributed by atoms with E-state index in [1.54, 1.807) is 12.1 Å². The highest BCUT2D eigenvalue weighted by atomic mass is 19.1. The molecule has 33 heavy (non-hydrogen) atoms. The number of rotatable bonds is 6. The van der Waals surface area contributed by atoms with Gasteiger partial charge in [-0.15, -0.1) is 0 Å². The zero-order valence-corrected chi connectivity index (χ0v) is 19.5. The van der Waals surface area contributed by atoms with Crippen molar-refractivity contribution in [3.8, 4) is 5.75 Å². The first-order valence-electron chi connectivity index (χ1n) is 11.4. The lowest BCUT2D eigenvalue weighted by molar-refractivity contribution is 0.0745. The molecule has 0 saturated heterocycles. The number of hydrogen-bond donors (Lipinski definition) is 1. The predicted octanol–water partition coefficient (Wildman–Crippen LogP) is 5.81. The number of amides is 1. The average molecular weight is 447 g/mol. The third kappa shape index (κ3) is 5.54. The summed E-state index contributed by atoms with van der Waals surface area (Å²) < 4.78 is 19.0. The Morgan fingerprint density at radius 3 is 2.39 bits per heavy atom. The fourth-order valence-corrected chi connectivity index (χ4v) is 4.02. The van der Waals surface area contributed by atoms with Crippen molar-refractivity contribution in [2.24, 2.45) is 0 Å². The predicted molar refractivity (Wildman–Crippen MR) is 130 cm³/mol. The monoisotopic (exact) mass is 446 g/mol. The molecule has 0 bridgehead atoms. The lowest BCUT2D eigenvalue weighted by atomic mass is 9.87. The van der Waals surface area contributed by atoms with E-state index < -0.39 is 0 Å². The minimum Gasteiger partial charge on any atom is -0.490 e. The molecule has 0 spiro atoms. The molecule has 172 valence electrons. The molecule has 0 fully saturated rings. The Balaban J connectivity index is 1.59. The molecule has 1 amide bonds. The summed E-state index contributed by atoms with van der Waals surface area (Å²) in [5.74, 6) is 0.402. The first-order valence-corrected chi connectivity index (χ1v) is 11.4. The highest BCUT2D eigenvalue weighted by Crippen LogP contribution is 2.32. The van der Waals surface area contributed by atoms with Gasteiger partial charge in [-0.2, -0.15) is 0 Å². The van der Waals surface area contributed by atoms with Gasteiger partial charge in [0.15, 0.2) is 0 Å². The van der Waals surface area contributed by atoms with Crippen molar-refractivity contribution in [1.82, 2.24) is 4.90 Å². The molecule has 0 radical (unpaired) electrons. The summed E-state index contributed by atoms with van der Waals surface area (Å²) in [6.45, 7) is 8.83. The molecule has 0 atom stereocenters. The highest BCUT2D eigenvalue weighted by Gasteiger charge is 2.23. The summed E-state index contributed by atoms with van der Waals surface area (Å²) in [7, 11) is 0. The second-order valence-corrected chi connectivity index (χ2v) is 9.50. The molecule has 4 rings (SSSR count). The molecule has 5 heteroatoms. The number of fused-ring (bicyclic) bond motifs is 1. The van der Waals surface area contributed by atoms with E-state index in [1.807, 2.05) is 23.1 Å². The Bertz CT molecular complexity index is 1100. The number of carbonyl (C=O) groups excluding carboxylic acids is 1. The second kappa shape index (κ2) is 9.65. The molecule has 0 aliphatic carbocycles. The number of para-hydroxylation sites is 1. The van der Waals surface area contributed by atoms with Crippen molar-refractivity contribution in [1.29, 1.82) is 0 Å². The van der Waals surface area contributed by atoms with Crippen LogP contribution >= 0.6 is 0 Å². The SMILES string of the molecule is CC(C)(C)c1ccc(CN(CCc2ccc(F)cc2)C(=O)c2cccc3c2NCCO3)cc1. The molecule has 1 aliphatic rings. The van der Waals surface area contributed by atoms with Gasteiger partial charge < -0.3 is 15.0 Å². The Morgan fingerprint density at radius 2 is 1.70 bits per heavy atom. The lowest BCUT2D eigenvalue weighted by Gasteiger charge is -2.27. The van der Waals surface area contributed by atoms with E-state index in [4.69, 9.17) is 4.74 Å². The zero-order valence-electron chi connectivity index (χ0n) is 19.5. The zero-order chi connectivity index (χ0) is 23.4. The maximum Gasteiger partial charge on any atom is 0.256 e. The van der Waals surface area contributed by atoms with Gasteiger partial charge in [0, 0.05) is 19.6 Å². The molecule has 0 saturated carbocycles. The number of anilines is 1. The van der Waals surface area contributed by atoms with E-state index in [0.717, 1.165) is 16.8 Å². The molecule has 3 aromatic carbocycles. The molecule has 1 N–H and O–H groups in total. The van der Waals surface area contributed by atoms with Crippen LogP contribution in [0.4, 0.5) is 10.1 Å². The Hall–Kier alpha value is -3.34. The van der Waals surface area contributed by atoms with Crippen LogP contribution in [0.1, 0.15) is 47.8 Å². The summed E-state index contributed by atoms with van der Waals surface area (Å²) in [6, 6.07) is 20.5. The van der Waals surface area contributed by atoms with E-state index in [0.29, 0.717) is 44.0 Å². The van der Waals surface area contributed by atoms with Crippen molar-refractivity contribution in [3.63, 3.8) is 0 Å². The Morgan fingerprint density at radius 1 is 1.00 bits per heavy atom. The Kier molecular flexibility index (Phi) is 6.68. The van der Waals surface area contributed by atoms with Crippen LogP contribution in [0.3, 0.4) is 0 Å². The van der Waals surface area contributed by atoms with E-state index in [-0.39, 0.29) is 17.1 Å². The smallest absolute Gasteiger partial charge is 0.256 e. The summed E-state index contributed by atoms with van der Waals surface area (Å²) in [4.78, 5) is 15.6. The van der Waals surface area contributed by atoms with E-state index in [9.17, 15) is 9.18 Å². The number of halogens is 1. The number of carbonyl (C=O) groups is 1. The number of benzene rings is 3. The van der Waals surface area contributed by atoms with Crippen LogP contribution in [0.2, 0.25) is 0 Å². The van der Waals surface area contributed by atoms with Crippen LogP contribution < -0.4 is 10.1 Å². The van der Waals surface area contributed by atoms with Crippen LogP contribution in [-0.4, -0.2) is 30.5 Å². The van der Waals surface area contributed by atoms with Gasteiger partial charge in [-0.05, 0) is 52.8 Å². The first-order chi connectivity index (χ1) is 15.8. The molecular formula is C28H31FN2O2. The van der Waals surface area contributed by atoms with Crippen LogP contribution in [0.5, 0.6) is 5.75 Å². The Labute approximate surface area is 195 Å². The summed E-state index contributed by atoms with van der Waals surface area (Å²) in [6.07, 6.45) is 0.644. The van der Waals surface area contributed by atoms with Crippen molar-refractivity contribution >= 4 is 11.6 Å². The average Bonchev–Trinajstić information content (AvgIpc) is 2.81. The number of hydrogen-bond acceptors (Lipinski definition) is 3. The van der Waals surface area contributed by atoms with Gasteiger partial charge in [0.2, 0.25) is 0 Å². The summed E-state index contributed by atoms with van der Waals surface area (Å²) in [5, 5.41) is 3.32. The molecule has 1 heterocycles. The first kappa shape index (κ1) is 22.8.